The molecule has 0 saturated carbocycles. The highest BCUT2D eigenvalue weighted by molar-refractivity contribution is 6.07. The van der Waals surface area contributed by atoms with Crippen LogP contribution < -0.4 is 25.0 Å². The first-order valence-electron chi connectivity index (χ1n) is 12.1. The van der Waals surface area contributed by atoms with Crippen molar-refractivity contribution < 1.29 is 19.2 Å². The predicted octanol–water partition coefficient (Wildman–Crippen LogP) is 3.48. The van der Waals surface area contributed by atoms with E-state index in [1.165, 1.54) is 10.5 Å². The molecule has 4 aromatic rings. The van der Waals surface area contributed by atoms with E-state index in [4.69, 9.17) is 14.5 Å². The molecule has 4 rings (SSSR count). The number of nitrogens with one attached hydrogen (secondary N) is 3. The highest BCUT2D eigenvalue weighted by atomic mass is 16.5. The summed E-state index contributed by atoms with van der Waals surface area (Å²) in [6.07, 6.45) is 1.01. The standard InChI is InChI=1S/C29H32N4O3/c1-33(17-15-21-9-5-4-6-10-21)18-16-30-29(34)24-20-28(31-25-12-8-7-11-23(24)25)32-26-14-13-22(35-2)19-27(26)36-3/h4-14,19-20H,15-18H2,1-3H3,(H,30,34)(H,31,32)/p+1. The zero-order chi connectivity index (χ0) is 25.3. The molecule has 186 valence electrons. The molecule has 0 bridgehead atoms. The molecule has 1 heterocycles. The molecule has 0 aliphatic rings. The van der Waals surface area contributed by atoms with E-state index in [9.17, 15) is 4.79 Å². The van der Waals surface area contributed by atoms with Gasteiger partial charge in [-0.2, -0.15) is 0 Å². The van der Waals surface area contributed by atoms with Crippen LogP contribution >= 0.6 is 0 Å². The topological polar surface area (TPSA) is 76.9 Å². The number of fused-ring (bicyclic) bond motifs is 1. The van der Waals surface area contributed by atoms with Gasteiger partial charge in [0.1, 0.15) is 17.3 Å². The number of para-hydroxylation sites is 1. The van der Waals surface area contributed by atoms with Crippen molar-refractivity contribution in [1.29, 1.82) is 0 Å². The summed E-state index contributed by atoms with van der Waals surface area (Å²) in [5.41, 5.74) is 3.39. The van der Waals surface area contributed by atoms with Crippen LogP contribution in [0.4, 0.5) is 11.5 Å². The quantitative estimate of drug-likeness (QED) is 0.303. The SMILES string of the molecule is COc1ccc(Nc2cc(C(=O)NCC[NH+](C)CCc3ccccc3)c3ccccc3n2)c(OC)c1. The molecule has 0 saturated heterocycles. The van der Waals surface area contributed by atoms with Crippen molar-refractivity contribution in [1.82, 2.24) is 10.3 Å². The third-order valence-electron chi connectivity index (χ3n) is 6.15. The van der Waals surface area contributed by atoms with Crippen molar-refractivity contribution in [2.75, 3.05) is 46.2 Å². The third-order valence-corrected chi connectivity index (χ3v) is 6.15. The van der Waals surface area contributed by atoms with Crippen molar-refractivity contribution >= 4 is 28.3 Å². The van der Waals surface area contributed by atoms with Gasteiger partial charge < -0.3 is 25.0 Å². The van der Waals surface area contributed by atoms with E-state index >= 15 is 0 Å². The molecule has 1 aromatic heterocycles. The minimum Gasteiger partial charge on any atom is -0.497 e. The molecule has 36 heavy (non-hydrogen) atoms. The Hall–Kier alpha value is -4.10. The summed E-state index contributed by atoms with van der Waals surface area (Å²) >= 11 is 0. The third kappa shape index (κ3) is 6.31. The lowest BCUT2D eigenvalue weighted by Gasteiger charge is -2.16. The fourth-order valence-electron chi connectivity index (χ4n) is 4.08. The first-order chi connectivity index (χ1) is 17.6. The Morgan fingerprint density at radius 2 is 1.69 bits per heavy atom. The number of anilines is 2. The number of rotatable bonds is 11. The van der Waals surface area contributed by atoms with Gasteiger partial charge in [0.05, 0.1) is 57.7 Å². The fourth-order valence-corrected chi connectivity index (χ4v) is 4.08. The molecule has 0 aliphatic heterocycles. The van der Waals surface area contributed by atoms with Crippen LogP contribution in [0.2, 0.25) is 0 Å². The van der Waals surface area contributed by atoms with Gasteiger partial charge >= 0.3 is 0 Å². The zero-order valence-corrected chi connectivity index (χ0v) is 21.0. The number of ether oxygens (including phenoxy) is 2. The lowest BCUT2D eigenvalue weighted by Crippen LogP contribution is -3.10. The molecule has 1 unspecified atom stereocenters. The number of hydrogen-bond donors (Lipinski definition) is 3. The van der Waals surface area contributed by atoms with Gasteiger partial charge in [-0.3, -0.25) is 4.79 Å². The Morgan fingerprint density at radius 1 is 0.917 bits per heavy atom. The van der Waals surface area contributed by atoms with Crippen LogP contribution in [0.3, 0.4) is 0 Å². The number of methoxy groups -OCH3 is 2. The molecule has 3 aromatic carbocycles. The molecule has 3 N–H and O–H groups in total. The van der Waals surface area contributed by atoms with Gasteiger partial charge in [0.15, 0.2) is 0 Å². The maximum absolute atomic E-state index is 13.2. The lowest BCUT2D eigenvalue weighted by molar-refractivity contribution is -0.878. The van der Waals surface area contributed by atoms with Gasteiger partial charge in [-0.15, -0.1) is 0 Å². The van der Waals surface area contributed by atoms with E-state index < -0.39 is 0 Å². The number of amides is 1. The highest BCUT2D eigenvalue weighted by Gasteiger charge is 2.15. The van der Waals surface area contributed by atoms with Gasteiger partial charge in [-0.05, 0) is 29.8 Å². The molecule has 0 radical (unpaired) electrons. The summed E-state index contributed by atoms with van der Waals surface area (Å²) < 4.78 is 10.8. The normalized spacial score (nSPS) is 11.6. The van der Waals surface area contributed by atoms with Crippen LogP contribution in [0.5, 0.6) is 11.5 Å². The van der Waals surface area contributed by atoms with Crippen molar-refractivity contribution in [2.45, 2.75) is 6.42 Å². The average Bonchev–Trinajstić information content (AvgIpc) is 2.92. The monoisotopic (exact) mass is 485 g/mol. The lowest BCUT2D eigenvalue weighted by atomic mass is 10.1. The van der Waals surface area contributed by atoms with E-state index in [1.54, 1.807) is 26.4 Å². The van der Waals surface area contributed by atoms with Crippen LogP contribution in [0.15, 0.2) is 78.9 Å². The minimum absolute atomic E-state index is 0.116. The maximum atomic E-state index is 13.2. The Bertz CT molecular complexity index is 1310. The predicted molar refractivity (Wildman–Crippen MR) is 144 cm³/mol. The minimum atomic E-state index is -0.116. The number of nitrogens with zero attached hydrogens (tertiary/aromatic N) is 1. The van der Waals surface area contributed by atoms with Gasteiger partial charge in [-0.1, -0.05) is 48.5 Å². The number of carbonyl (C=O) groups excluding carboxylic acids is 1. The molecule has 1 amide bonds. The number of likely N-dealkylation sites (N-methyl/N-ethyl adjacent to an activating group) is 1. The Morgan fingerprint density at radius 3 is 2.47 bits per heavy atom. The van der Waals surface area contributed by atoms with Crippen LogP contribution in [-0.4, -0.2) is 51.8 Å². The van der Waals surface area contributed by atoms with Crippen molar-refractivity contribution in [3.63, 3.8) is 0 Å². The second-order valence-electron chi connectivity index (χ2n) is 8.71. The number of pyridine rings is 1. The molecule has 7 heteroatoms. The zero-order valence-electron chi connectivity index (χ0n) is 21.0. The summed E-state index contributed by atoms with van der Waals surface area (Å²) in [5, 5.41) is 7.20. The van der Waals surface area contributed by atoms with Crippen LogP contribution in [0, 0.1) is 0 Å². The van der Waals surface area contributed by atoms with E-state index in [-0.39, 0.29) is 5.91 Å². The summed E-state index contributed by atoms with van der Waals surface area (Å²) in [6.45, 7) is 2.44. The largest absolute Gasteiger partial charge is 0.497 e. The molecule has 0 aliphatic carbocycles. The van der Waals surface area contributed by atoms with Crippen LogP contribution in [0.25, 0.3) is 10.9 Å². The van der Waals surface area contributed by atoms with E-state index in [0.29, 0.717) is 29.4 Å². The first-order valence-corrected chi connectivity index (χ1v) is 12.1. The second-order valence-corrected chi connectivity index (χ2v) is 8.71. The number of benzene rings is 3. The summed E-state index contributed by atoms with van der Waals surface area (Å²) in [4.78, 5) is 19.3. The molecule has 1 atom stereocenters. The maximum Gasteiger partial charge on any atom is 0.252 e. The van der Waals surface area contributed by atoms with Crippen molar-refractivity contribution in [3.05, 3.63) is 90.0 Å². The van der Waals surface area contributed by atoms with Crippen molar-refractivity contribution in [3.8, 4) is 11.5 Å². The number of quaternary nitrogens is 1. The van der Waals surface area contributed by atoms with Crippen LogP contribution in [-0.2, 0) is 6.42 Å². The average molecular weight is 486 g/mol. The molecule has 7 nitrogen and oxygen atoms in total. The Kier molecular flexibility index (Phi) is 8.36. The number of hydrogen-bond acceptors (Lipinski definition) is 5. The van der Waals surface area contributed by atoms with E-state index in [2.05, 4.69) is 41.9 Å². The Balaban J connectivity index is 1.45. The summed E-state index contributed by atoms with van der Waals surface area (Å²) in [7, 11) is 5.37. The van der Waals surface area contributed by atoms with Crippen LogP contribution in [0.1, 0.15) is 15.9 Å². The van der Waals surface area contributed by atoms with Gasteiger partial charge in [0.25, 0.3) is 5.91 Å². The van der Waals surface area contributed by atoms with Crippen molar-refractivity contribution in [2.24, 2.45) is 0 Å². The van der Waals surface area contributed by atoms with E-state index in [0.717, 1.165) is 36.1 Å². The van der Waals surface area contributed by atoms with Gasteiger partial charge in [0.2, 0.25) is 0 Å². The molecular weight excluding hydrogens is 452 g/mol. The summed E-state index contributed by atoms with van der Waals surface area (Å²) in [5.74, 6) is 1.76. The smallest absolute Gasteiger partial charge is 0.252 e. The summed E-state index contributed by atoms with van der Waals surface area (Å²) in [6, 6.07) is 25.4. The number of carbonyl (C=O) groups is 1. The van der Waals surface area contributed by atoms with Gasteiger partial charge in [0, 0.05) is 17.9 Å². The van der Waals surface area contributed by atoms with Gasteiger partial charge in [-0.25, -0.2) is 4.98 Å². The first kappa shape index (κ1) is 25.0. The van der Waals surface area contributed by atoms with E-state index in [1.807, 2.05) is 42.5 Å². The number of aromatic nitrogens is 1. The highest BCUT2D eigenvalue weighted by Crippen LogP contribution is 2.32. The Labute approximate surface area is 212 Å². The molecular formula is C29H33N4O3+. The molecule has 0 fully saturated rings. The second kappa shape index (κ2) is 12.0. The molecule has 0 spiro atoms. The fraction of sp³-hybridized carbons (Fsp3) is 0.241.